The summed E-state index contributed by atoms with van der Waals surface area (Å²) in [5, 5.41) is 10.9. The van der Waals surface area contributed by atoms with Gasteiger partial charge in [-0.25, -0.2) is 9.97 Å². The van der Waals surface area contributed by atoms with Crippen LogP contribution in [0.2, 0.25) is 0 Å². The van der Waals surface area contributed by atoms with Crippen LogP contribution < -0.4 is 10.2 Å². The molecule has 2 aliphatic heterocycles. The molecule has 6 rings (SSSR count). The Bertz CT molecular complexity index is 1430. The fourth-order valence-corrected chi connectivity index (χ4v) is 6.08. The monoisotopic (exact) mass is 505 g/mol. The van der Waals surface area contributed by atoms with E-state index >= 15 is 0 Å². The van der Waals surface area contributed by atoms with Crippen molar-refractivity contribution in [1.82, 2.24) is 30.4 Å². The zero-order valence-electron chi connectivity index (χ0n) is 20.0. The maximum absolute atomic E-state index is 13.4. The number of piperidine rings is 1. The lowest BCUT2D eigenvalue weighted by atomic mass is 9.96. The number of rotatable bonds is 4. The third kappa shape index (κ3) is 4.07. The van der Waals surface area contributed by atoms with Crippen LogP contribution in [0.3, 0.4) is 0 Å². The number of H-pyrrole nitrogens is 1. The summed E-state index contributed by atoms with van der Waals surface area (Å²) in [7, 11) is 1.66. The molecule has 0 saturated carbocycles. The normalized spacial score (nSPS) is 17.1. The zero-order valence-corrected chi connectivity index (χ0v) is 20.8. The van der Waals surface area contributed by atoms with Gasteiger partial charge in [-0.2, -0.15) is 5.10 Å². The van der Waals surface area contributed by atoms with Crippen LogP contribution in [0.1, 0.15) is 22.5 Å². The van der Waals surface area contributed by atoms with Crippen molar-refractivity contribution in [3.05, 3.63) is 35.3 Å². The number of benzene rings is 1. The molecule has 2 saturated heterocycles. The number of morpholine rings is 1. The Morgan fingerprint density at radius 3 is 2.72 bits per heavy atom. The molecule has 0 aliphatic carbocycles. The predicted molar refractivity (Wildman–Crippen MR) is 138 cm³/mol. The molecule has 0 bridgehead atoms. The SMILES string of the molecule is CNC(=O)C1CCN(C(=O)c2cc3nc(-c4cccc5[nH]ncc45)nc(N4CCOCC4)c3s2)CC1. The fourth-order valence-electron chi connectivity index (χ4n) is 5.00. The molecule has 10 nitrogen and oxygen atoms in total. The topological polar surface area (TPSA) is 116 Å². The molecular weight excluding hydrogens is 478 g/mol. The van der Waals surface area contributed by atoms with Crippen molar-refractivity contribution < 1.29 is 14.3 Å². The van der Waals surface area contributed by atoms with E-state index in [0.29, 0.717) is 49.8 Å². The largest absolute Gasteiger partial charge is 0.378 e. The van der Waals surface area contributed by atoms with Gasteiger partial charge < -0.3 is 19.9 Å². The number of amides is 2. The zero-order chi connectivity index (χ0) is 24.6. The van der Waals surface area contributed by atoms with Gasteiger partial charge in [-0.3, -0.25) is 14.7 Å². The molecule has 0 spiro atoms. The first-order valence-corrected chi connectivity index (χ1v) is 13.0. The predicted octanol–water partition coefficient (Wildman–Crippen LogP) is 2.67. The van der Waals surface area contributed by atoms with E-state index in [1.165, 1.54) is 11.3 Å². The van der Waals surface area contributed by atoms with Crippen LogP contribution in [0, 0.1) is 5.92 Å². The van der Waals surface area contributed by atoms with Gasteiger partial charge in [-0.1, -0.05) is 12.1 Å². The summed E-state index contributed by atoms with van der Waals surface area (Å²) in [4.78, 5) is 40.0. The van der Waals surface area contributed by atoms with Crippen LogP contribution in [-0.2, 0) is 9.53 Å². The minimum Gasteiger partial charge on any atom is -0.378 e. The quantitative estimate of drug-likeness (QED) is 0.438. The van der Waals surface area contributed by atoms with Crippen molar-refractivity contribution in [3.63, 3.8) is 0 Å². The van der Waals surface area contributed by atoms with E-state index in [2.05, 4.69) is 20.4 Å². The van der Waals surface area contributed by atoms with Gasteiger partial charge in [-0.05, 0) is 25.0 Å². The number of thiophene rings is 1. The second kappa shape index (κ2) is 9.47. The first-order chi connectivity index (χ1) is 17.6. The molecule has 0 unspecified atom stereocenters. The van der Waals surface area contributed by atoms with E-state index in [9.17, 15) is 9.59 Å². The number of nitrogens with zero attached hydrogens (tertiary/aromatic N) is 5. The number of hydrogen-bond acceptors (Lipinski definition) is 8. The molecule has 1 aromatic carbocycles. The minimum atomic E-state index is -0.0339. The van der Waals surface area contributed by atoms with Gasteiger partial charge in [0.1, 0.15) is 0 Å². The van der Waals surface area contributed by atoms with Crippen LogP contribution in [0.15, 0.2) is 30.5 Å². The van der Waals surface area contributed by atoms with Gasteiger partial charge in [0.05, 0.1) is 40.0 Å². The molecule has 186 valence electrons. The highest BCUT2D eigenvalue weighted by atomic mass is 32.1. The molecule has 2 fully saturated rings. The number of hydrogen-bond donors (Lipinski definition) is 2. The highest BCUT2D eigenvalue weighted by molar-refractivity contribution is 7.21. The third-order valence-electron chi connectivity index (χ3n) is 7.00. The maximum Gasteiger partial charge on any atom is 0.264 e. The van der Waals surface area contributed by atoms with Crippen LogP contribution in [0.4, 0.5) is 5.82 Å². The second-order valence-electron chi connectivity index (χ2n) is 9.11. The number of carbonyl (C=O) groups is 2. The molecule has 0 atom stereocenters. The van der Waals surface area contributed by atoms with Crippen molar-refractivity contribution in [2.45, 2.75) is 12.8 Å². The fraction of sp³-hybridized carbons (Fsp3) is 0.400. The van der Waals surface area contributed by atoms with Gasteiger partial charge in [0.25, 0.3) is 5.91 Å². The number of nitrogens with one attached hydrogen (secondary N) is 2. The Labute approximate surface area is 211 Å². The summed E-state index contributed by atoms with van der Waals surface area (Å²) in [5.41, 5.74) is 2.58. The molecule has 2 amide bonds. The smallest absolute Gasteiger partial charge is 0.264 e. The first kappa shape index (κ1) is 22.9. The Morgan fingerprint density at radius 2 is 1.94 bits per heavy atom. The summed E-state index contributed by atoms with van der Waals surface area (Å²) in [6.07, 6.45) is 3.14. The molecule has 3 aromatic heterocycles. The minimum absolute atomic E-state index is 0.0141. The standard InChI is InChI=1S/C25H27N7O3S/c1-26-24(33)15-5-7-32(8-6-15)25(34)20-13-19-21(36-20)23(31-9-11-35-12-10-31)29-22(28-19)16-3-2-4-18-17(16)14-27-30-18/h2-4,13-15H,5-12H2,1H3,(H,26,33)(H,27,30). The average Bonchev–Trinajstić information content (AvgIpc) is 3.59. The molecule has 36 heavy (non-hydrogen) atoms. The molecular formula is C25H27N7O3S. The van der Waals surface area contributed by atoms with E-state index in [0.717, 1.165) is 45.6 Å². The summed E-state index contributed by atoms with van der Waals surface area (Å²) < 4.78 is 6.47. The van der Waals surface area contributed by atoms with Crippen molar-refractivity contribution in [1.29, 1.82) is 0 Å². The van der Waals surface area contributed by atoms with E-state index in [4.69, 9.17) is 14.7 Å². The summed E-state index contributed by atoms with van der Waals surface area (Å²) in [6, 6.07) is 7.82. The number of fused-ring (bicyclic) bond motifs is 2. The van der Waals surface area contributed by atoms with Crippen molar-refractivity contribution in [3.8, 4) is 11.4 Å². The number of aromatic amines is 1. The van der Waals surface area contributed by atoms with Crippen LogP contribution in [0.25, 0.3) is 32.5 Å². The van der Waals surface area contributed by atoms with Gasteiger partial charge >= 0.3 is 0 Å². The Balaban J connectivity index is 1.38. The Hall–Kier alpha value is -3.57. The van der Waals surface area contributed by atoms with E-state index in [-0.39, 0.29) is 17.7 Å². The molecule has 5 heterocycles. The molecule has 11 heteroatoms. The van der Waals surface area contributed by atoms with E-state index in [1.54, 1.807) is 13.2 Å². The van der Waals surface area contributed by atoms with E-state index < -0.39 is 0 Å². The Kier molecular flexibility index (Phi) is 6.02. The highest BCUT2D eigenvalue weighted by Crippen LogP contribution is 2.36. The first-order valence-electron chi connectivity index (χ1n) is 12.2. The molecule has 4 aromatic rings. The van der Waals surface area contributed by atoms with Crippen LogP contribution >= 0.6 is 11.3 Å². The van der Waals surface area contributed by atoms with Gasteiger partial charge in [0, 0.05) is 50.1 Å². The molecule has 0 radical (unpaired) electrons. The number of aromatic nitrogens is 4. The van der Waals surface area contributed by atoms with Gasteiger partial charge in [0.15, 0.2) is 11.6 Å². The van der Waals surface area contributed by atoms with Crippen molar-refractivity contribution in [2.75, 3.05) is 51.3 Å². The lowest BCUT2D eigenvalue weighted by Crippen LogP contribution is -2.42. The number of likely N-dealkylation sites (tertiary alicyclic amines) is 1. The van der Waals surface area contributed by atoms with E-state index in [1.807, 2.05) is 29.2 Å². The Morgan fingerprint density at radius 1 is 1.14 bits per heavy atom. The van der Waals surface area contributed by atoms with Crippen LogP contribution in [-0.4, -0.2) is 83.3 Å². The summed E-state index contributed by atoms with van der Waals surface area (Å²) in [5.74, 6) is 1.45. The van der Waals surface area contributed by atoms with Gasteiger partial charge in [-0.15, -0.1) is 11.3 Å². The summed E-state index contributed by atoms with van der Waals surface area (Å²) in [6.45, 7) is 3.87. The highest BCUT2D eigenvalue weighted by Gasteiger charge is 2.29. The molecule has 2 N–H and O–H groups in total. The van der Waals surface area contributed by atoms with Crippen LogP contribution in [0.5, 0.6) is 0 Å². The van der Waals surface area contributed by atoms with Crippen molar-refractivity contribution in [2.24, 2.45) is 5.92 Å². The van der Waals surface area contributed by atoms with Gasteiger partial charge in [0.2, 0.25) is 5.91 Å². The maximum atomic E-state index is 13.4. The number of ether oxygens (including phenoxy) is 1. The number of carbonyl (C=O) groups excluding carboxylic acids is 2. The lowest BCUT2D eigenvalue weighted by Gasteiger charge is -2.30. The lowest BCUT2D eigenvalue weighted by molar-refractivity contribution is -0.125. The third-order valence-corrected chi connectivity index (χ3v) is 8.11. The van der Waals surface area contributed by atoms with Crippen molar-refractivity contribution >= 4 is 50.1 Å². The average molecular weight is 506 g/mol. The number of anilines is 1. The second-order valence-corrected chi connectivity index (χ2v) is 10.2. The summed E-state index contributed by atoms with van der Waals surface area (Å²) >= 11 is 1.44. The molecule has 2 aliphatic rings.